The quantitative estimate of drug-likeness (QED) is 0.612. The topological polar surface area (TPSA) is 46.2 Å². The Balaban J connectivity index is 2.75. The van der Waals surface area contributed by atoms with Gasteiger partial charge in [-0.25, -0.2) is 8.78 Å². The molecule has 0 aromatic heterocycles. The van der Waals surface area contributed by atoms with Gasteiger partial charge in [0.2, 0.25) is 0 Å². The highest BCUT2D eigenvalue weighted by atomic mass is 19.1. The van der Waals surface area contributed by atoms with Gasteiger partial charge in [-0.1, -0.05) is 0 Å². The lowest BCUT2D eigenvalue weighted by Crippen LogP contribution is -2.13. The molecule has 1 aromatic rings. The maximum Gasteiger partial charge on any atom is 0.297 e. The van der Waals surface area contributed by atoms with Crippen LogP contribution in [-0.2, 0) is 4.79 Å². The Labute approximate surface area is 71.4 Å². The average Bonchev–Trinajstić information content (AvgIpc) is 2.38. The summed E-state index contributed by atoms with van der Waals surface area (Å²) in [7, 11) is 0. The third kappa shape index (κ3) is 0.932. The molecule has 0 aliphatic carbocycles. The maximum atomic E-state index is 12.9. The molecular weight excluding hydrogens is 180 g/mol. The Kier molecular flexibility index (Phi) is 1.42. The molecule has 0 bridgehead atoms. The van der Waals surface area contributed by atoms with Crippen molar-refractivity contribution in [2.45, 2.75) is 0 Å². The van der Waals surface area contributed by atoms with Gasteiger partial charge < -0.3 is 5.32 Å². The summed E-state index contributed by atoms with van der Waals surface area (Å²) in [4.78, 5) is 21.7. The number of fused-ring (bicyclic) bond motifs is 1. The minimum Gasteiger partial charge on any atom is -0.316 e. The highest BCUT2D eigenvalue weighted by Gasteiger charge is 2.33. The van der Waals surface area contributed by atoms with E-state index in [2.05, 4.69) is 0 Å². The Morgan fingerprint density at radius 3 is 2.31 bits per heavy atom. The number of halogens is 2. The van der Waals surface area contributed by atoms with Crippen LogP contribution in [0.5, 0.6) is 0 Å². The van der Waals surface area contributed by atoms with Crippen molar-refractivity contribution in [3.63, 3.8) is 0 Å². The van der Waals surface area contributed by atoms with Gasteiger partial charge in [-0.05, 0) is 12.1 Å². The molecule has 0 fully saturated rings. The van der Waals surface area contributed by atoms with Gasteiger partial charge in [-0.2, -0.15) is 0 Å². The summed E-state index contributed by atoms with van der Waals surface area (Å²) < 4.78 is 25.8. The molecule has 1 aliphatic heterocycles. The molecule has 1 aliphatic rings. The van der Waals surface area contributed by atoms with E-state index in [0.717, 1.165) is 12.1 Å². The Morgan fingerprint density at radius 2 is 1.69 bits per heavy atom. The number of anilines is 1. The van der Waals surface area contributed by atoms with E-state index in [1.807, 2.05) is 5.32 Å². The Morgan fingerprint density at radius 1 is 1.08 bits per heavy atom. The molecule has 5 heteroatoms. The molecule has 0 atom stereocenters. The molecule has 3 nitrogen and oxygen atoms in total. The fraction of sp³-hybridized carbons (Fsp3) is 0. The molecule has 1 amide bonds. The number of carbonyl (C=O) groups excluding carboxylic acids is 2. The second kappa shape index (κ2) is 2.35. The van der Waals surface area contributed by atoms with Crippen LogP contribution >= 0.6 is 0 Å². The Bertz CT molecular complexity index is 428. The van der Waals surface area contributed by atoms with Crippen molar-refractivity contribution in [1.29, 1.82) is 0 Å². The van der Waals surface area contributed by atoms with E-state index in [0.29, 0.717) is 0 Å². The molecule has 1 aromatic carbocycles. The molecule has 2 rings (SSSR count). The molecule has 66 valence electrons. The largest absolute Gasteiger partial charge is 0.316 e. The maximum absolute atomic E-state index is 12.9. The van der Waals surface area contributed by atoms with Gasteiger partial charge in [-0.15, -0.1) is 0 Å². The highest BCUT2D eigenvalue weighted by molar-refractivity contribution is 6.51. The molecule has 0 unspecified atom stereocenters. The number of Topliss-reactive ketones (excluding diaryl/α,β-unsaturated/α-hetero) is 1. The first-order valence-corrected chi connectivity index (χ1v) is 3.45. The van der Waals surface area contributed by atoms with Crippen LogP contribution < -0.4 is 5.32 Å². The molecule has 0 radical (unpaired) electrons. The van der Waals surface area contributed by atoms with Crippen LogP contribution in [-0.4, -0.2) is 11.7 Å². The molecule has 0 saturated heterocycles. The van der Waals surface area contributed by atoms with Gasteiger partial charge in [0.25, 0.3) is 11.7 Å². The van der Waals surface area contributed by atoms with Crippen LogP contribution in [0.3, 0.4) is 0 Å². The smallest absolute Gasteiger partial charge is 0.297 e. The lowest BCUT2D eigenvalue weighted by Gasteiger charge is -1.98. The van der Waals surface area contributed by atoms with Gasteiger partial charge >= 0.3 is 0 Å². The van der Waals surface area contributed by atoms with Crippen molar-refractivity contribution < 1.29 is 18.4 Å². The lowest BCUT2D eigenvalue weighted by atomic mass is 10.1. The summed E-state index contributed by atoms with van der Waals surface area (Å²) >= 11 is 0. The first-order chi connectivity index (χ1) is 6.11. The lowest BCUT2D eigenvalue weighted by molar-refractivity contribution is -0.112. The molecule has 0 saturated carbocycles. The van der Waals surface area contributed by atoms with Crippen LogP contribution in [0.15, 0.2) is 12.1 Å². The predicted molar refractivity (Wildman–Crippen MR) is 39.3 cm³/mol. The summed E-state index contributed by atoms with van der Waals surface area (Å²) in [5.41, 5.74) is -0.875. The number of benzene rings is 1. The molecule has 13 heavy (non-hydrogen) atoms. The summed E-state index contributed by atoms with van der Waals surface area (Å²) in [6.45, 7) is 0. The summed E-state index contributed by atoms with van der Waals surface area (Å²) in [6.07, 6.45) is 0. The number of rotatable bonds is 0. The van der Waals surface area contributed by atoms with E-state index < -0.39 is 28.9 Å². The standard InChI is InChI=1S/C8H3F2NO2/c9-3-1-2-4(10)6-5(3)7(12)8(13)11-6/h1-2H,(H,11,12,13). The fourth-order valence-corrected chi connectivity index (χ4v) is 1.18. The van der Waals surface area contributed by atoms with E-state index >= 15 is 0 Å². The van der Waals surface area contributed by atoms with Crippen molar-refractivity contribution in [2.24, 2.45) is 0 Å². The second-order valence-corrected chi connectivity index (χ2v) is 2.56. The van der Waals surface area contributed by atoms with Crippen LogP contribution in [0, 0.1) is 11.6 Å². The number of nitrogens with one attached hydrogen (secondary N) is 1. The molecule has 0 spiro atoms. The van der Waals surface area contributed by atoms with Crippen LogP contribution in [0.1, 0.15) is 10.4 Å². The van der Waals surface area contributed by atoms with Crippen molar-refractivity contribution in [3.8, 4) is 0 Å². The van der Waals surface area contributed by atoms with E-state index in [1.54, 1.807) is 0 Å². The highest BCUT2D eigenvalue weighted by Crippen LogP contribution is 2.28. The zero-order valence-electron chi connectivity index (χ0n) is 6.23. The number of amides is 1. The molecular formula is C8H3F2NO2. The van der Waals surface area contributed by atoms with Crippen molar-refractivity contribution in [1.82, 2.24) is 0 Å². The fourth-order valence-electron chi connectivity index (χ4n) is 1.18. The van der Waals surface area contributed by atoms with Crippen LogP contribution in [0.25, 0.3) is 0 Å². The second-order valence-electron chi connectivity index (χ2n) is 2.56. The van der Waals surface area contributed by atoms with E-state index in [1.165, 1.54) is 0 Å². The van der Waals surface area contributed by atoms with E-state index in [-0.39, 0.29) is 5.69 Å². The van der Waals surface area contributed by atoms with Gasteiger partial charge in [0, 0.05) is 0 Å². The summed E-state index contributed by atoms with van der Waals surface area (Å²) in [5.74, 6) is -3.73. The monoisotopic (exact) mass is 183 g/mol. The minimum atomic E-state index is -1.04. The van der Waals surface area contributed by atoms with Crippen molar-refractivity contribution in [3.05, 3.63) is 29.3 Å². The van der Waals surface area contributed by atoms with Crippen LogP contribution in [0.2, 0.25) is 0 Å². The average molecular weight is 183 g/mol. The molecule has 1 N–H and O–H groups in total. The van der Waals surface area contributed by atoms with Crippen LogP contribution in [0.4, 0.5) is 14.5 Å². The van der Waals surface area contributed by atoms with Gasteiger partial charge in [0.1, 0.15) is 11.6 Å². The first-order valence-electron chi connectivity index (χ1n) is 3.45. The number of hydrogen-bond donors (Lipinski definition) is 1. The first kappa shape index (κ1) is 7.85. The van der Waals surface area contributed by atoms with Gasteiger partial charge in [0.05, 0.1) is 11.3 Å². The summed E-state index contributed by atoms with van der Waals surface area (Å²) in [5, 5.41) is 1.95. The zero-order valence-corrected chi connectivity index (χ0v) is 6.23. The Hall–Kier alpha value is -1.78. The minimum absolute atomic E-state index is 0.366. The summed E-state index contributed by atoms with van der Waals surface area (Å²) in [6, 6.07) is 1.67. The normalized spacial score (nSPS) is 14.3. The van der Waals surface area contributed by atoms with E-state index in [9.17, 15) is 18.4 Å². The number of hydrogen-bond acceptors (Lipinski definition) is 2. The SMILES string of the molecule is O=C1Nc2c(F)ccc(F)c2C1=O. The number of carbonyl (C=O) groups is 2. The van der Waals surface area contributed by atoms with Crippen molar-refractivity contribution >= 4 is 17.4 Å². The molecule has 1 heterocycles. The van der Waals surface area contributed by atoms with Gasteiger partial charge in [-0.3, -0.25) is 9.59 Å². The van der Waals surface area contributed by atoms with E-state index in [4.69, 9.17) is 0 Å². The number of ketones is 1. The van der Waals surface area contributed by atoms with Crippen molar-refractivity contribution in [2.75, 3.05) is 5.32 Å². The van der Waals surface area contributed by atoms with Gasteiger partial charge in [0.15, 0.2) is 0 Å². The third-order valence-electron chi connectivity index (χ3n) is 1.78. The predicted octanol–water partition coefficient (Wildman–Crippen LogP) is 1.10. The zero-order chi connectivity index (χ0) is 9.59. The third-order valence-corrected chi connectivity index (χ3v) is 1.78.